The second-order valence-corrected chi connectivity index (χ2v) is 11.1. The summed E-state index contributed by atoms with van der Waals surface area (Å²) in [5.41, 5.74) is 9.20. The summed E-state index contributed by atoms with van der Waals surface area (Å²) >= 11 is 0. The number of nitrogens with zero attached hydrogens (tertiary/aromatic N) is 4. The van der Waals surface area contributed by atoms with Crippen molar-refractivity contribution >= 4 is 12.1 Å². The average molecular weight is 834 g/mol. The van der Waals surface area contributed by atoms with Crippen molar-refractivity contribution < 1.29 is 35.9 Å². The monoisotopic (exact) mass is 833 g/mol. The molecule has 1 aromatic heterocycles. The third kappa shape index (κ3) is 14.5. The Morgan fingerprint density at radius 2 is 1.53 bits per heavy atom. The van der Waals surface area contributed by atoms with Crippen LogP contribution in [0, 0.1) is 63.2 Å². The van der Waals surface area contributed by atoms with E-state index in [4.69, 9.17) is 5.26 Å². The number of hydrogen-bond acceptors (Lipinski definition) is 5. The topological polar surface area (TPSA) is 60.2 Å². The van der Waals surface area contributed by atoms with Crippen LogP contribution in [0.2, 0.25) is 0 Å². The van der Waals surface area contributed by atoms with Crippen LogP contribution in [-0.4, -0.2) is 48.4 Å². The Morgan fingerprint density at radius 1 is 0.889 bits per heavy atom. The zero-order chi connectivity index (χ0) is 33.1. The van der Waals surface area contributed by atoms with Gasteiger partial charge in [0.1, 0.15) is 5.82 Å². The van der Waals surface area contributed by atoms with Crippen LogP contribution in [0.1, 0.15) is 94.8 Å². The van der Waals surface area contributed by atoms with Gasteiger partial charge in [-0.3, -0.25) is 4.90 Å². The van der Waals surface area contributed by atoms with E-state index >= 15 is 0 Å². The maximum absolute atomic E-state index is 10.1. The fraction of sp³-hybridized carbons (Fsp3) is 0.462. The quantitative estimate of drug-likeness (QED) is 0.194. The molecule has 0 spiro atoms. The Labute approximate surface area is 298 Å². The molecule has 3 heterocycles. The first-order chi connectivity index (χ1) is 21.2. The molecule has 0 bridgehead atoms. The molecular weight excluding hydrogens is 778 g/mol. The molecule has 1 saturated heterocycles. The van der Waals surface area contributed by atoms with Crippen molar-refractivity contribution in [1.82, 2.24) is 9.88 Å². The Bertz CT molecular complexity index is 1340. The number of hydrogen-bond donors (Lipinski definition) is 0. The fourth-order valence-corrected chi connectivity index (χ4v) is 4.67. The van der Waals surface area contributed by atoms with Gasteiger partial charge in [0.15, 0.2) is 0 Å². The molecule has 3 aromatic rings. The fourth-order valence-electron chi connectivity index (χ4n) is 4.67. The van der Waals surface area contributed by atoms with Crippen molar-refractivity contribution in [3.63, 3.8) is 0 Å². The number of carbonyl (C=O) groups excluding carboxylic acids is 1. The normalized spacial score (nSPS) is 14.7. The van der Waals surface area contributed by atoms with E-state index < -0.39 is 0 Å². The zero-order valence-corrected chi connectivity index (χ0v) is 33.7. The van der Waals surface area contributed by atoms with Crippen molar-refractivity contribution in [2.75, 3.05) is 31.1 Å². The van der Waals surface area contributed by atoms with Crippen LogP contribution in [0.5, 0.6) is 0 Å². The molecule has 2 aromatic carbocycles. The van der Waals surface area contributed by atoms with Crippen molar-refractivity contribution in [3.8, 4) is 6.07 Å². The second-order valence-electron chi connectivity index (χ2n) is 11.1. The number of piperazine rings is 1. The molecule has 1 unspecified atom stereocenters. The van der Waals surface area contributed by atoms with Gasteiger partial charge in [0, 0.05) is 69.0 Å². The minimum Gasteiger partial charge on any atom is -0.376 e. The summed E-state index contributed by atoms with van der Waals surface area (Å²) in [6, 6.07) is 22.2. The van der Waals surface area contributed by atoms with Crippen LogP contribution in [0.25, 0.3) is 0 Å². The van der Waals surface area contributed by atoms with Gasteiger partial charge in [-0.15, -0.1) is 11.6 Å². The van der Waals surface area contributed by atoms with Gasteiger partial charge < -0.3 is 9.69 Å². The summed E-state index contributed by atoms with van der Waals surface area (Å²) in [5.74, 6) is 1.13. The minimum absolute atomic E-state index is 0. The average Bonchev–Trinajstić information content (AvgIpc) is 3.36. The summed E-state index contributed by atoms with van der Waals surface area (Å²) < 4.78 is 0. The first-order valence-electron chi connectivity index (χ1n) is 16.2. The van der Waals surface area contributed by atoms with Gasteiger partial charge in [-0.25, -0.2) is 4.98 Å². The minimum atomic E-state index is 0. The van der Waals surface area contributed by atoms with E-state index in [0.717, 1.165) is 55.2 Å². The standard InChI is InChI=1S/C15H21N3.C9H9N.C9H9O.C4H10.C2H6.U/c1-11-9-17-7-8-18(10-14(17)13(11)3)15-6-4-5-12(2)16-15;1-2-8-3-5-9(7-10)6-4-8;1-7-3-4-9(6-10)5-8(7)2;1-3-4-2;1-2;/h4-6,14H,7-10H2,1-3H3;3-6H,2H2,1H3;3-5H,1-2H3;3-4H2,1-2H3;1-2H3;/q;;-1;;;. The summed E-state index contributed by atoms with van der Waals surface area (Å²) in [6.07, 6.45) is 5.52. The van der Waals surface area contributed by atoms with Crippen molar-refractivity contribution in [3.05, 3.63) is 105 Å². The maximum Gasteiger partial charge on any atom is 0.128 e. The van der Waals surface area contributed by atoms with Crippen LogP contribution in [0.15, 0.2) is 71.8 Å². The van der Waals surface area contributed by atoms with E-state index in [2.05, 4.69) is 80.6 Å². The molecule has 1 atom stereocenters. The number of pyridine rings is 1. The molecule has 5 rings (SSSR count). The molecule has 2 aliphatic rings. The van der Waals surface area contributed by atoms with Crippen molar-refractivity contribution in [2.24, 2.45) is 0 Å². The molecule has 45 heavy (non-hydrogen) atoms. The SMILES string of the molecule is CC.CC1=C(C)C2CN(c3cccc(C)n3)CCN2C1.CCCC.CCc1ccc(C#N)cc1.Cc1ccc([C-]=O)cc1C.[U]. The number of unbranched alkanes of at least 4 members (excludes halogenated alkanes) is 1. The molecule has 242 valence electrons. The number of rotatable bonds is 4. The van der Waals surface area contributed by atoms with Crippen LogP contribution in [0.4, 0.5) is 5.82 Å². The first-order valence-corrected chi connectivity index (χ1v) is 16.2. The Kier molecular flexibility index (Phi) is 22.2. The van der Waals surface area contributed by atoms with Gasteiger partial charge in [-0.05, 0) is 63.9 Å². The Balaban J connectivity index is 0.000000620. The largest absolute Gasteiger partial charge is 0.376 e. The third-order valence-electron chi connectivity index (χ3n) is 7.92. The van der Waals surface area contributed by atoms with E-state index in [9.17, 15) is 4.79 Å². The van der Waals surface area contributed by atoms with Crippen LogP contribution in [0.3, 0.4) is 0 Å². The first kappa shape index (κ1) is 42.3. The number of anilines is 1. The Morgan fingerprint density at radius 3 is 2.04 bits per heavy atom. The number of fused-ring (bicyclic) bond motifs is 1. The molecule has 0 N–H and O–H groups in total. The number of nitriles is 1. The van der Waals surface area contributed by atoms with Gasteiger partial charge in [-0.2, -0.15) is 23.0 Å². The van der Waals surface area contributed by atoms with Crippen molar-refractivity contribution in [1.29, 1.82) is 5.26 Å². The molecule has 5 nitrogen and oxygen atoms in total. The van der Waals surface area contributed by atoms with E-state index in [1.165, 1.54) is 24.0 Å². The van der Waals surface area contributed by atoms with E-state index in [1.54, 1.807) is 17.2 Å². The summed E-state index contributed by atoms with van der Waals surface area (Å²) in [5, 5.41) is 8.45. The number of benzene rings is 2. The van der Waals surface area contributed by atoms with Crippen LogP contribution < -0.4 is 4.90 Å². The second kappa shape index (κ2) is 23.6. The molecular formula is C39H55N4OU-. The predicted octanol–water partition coefficient (Wildman–Crippen LogP) is 8.95. The maximum atomic E-state index is 10.1. The summed E-state index contributed by atoms with van der Waals surface area (Å²) in [4.78, 5) is 19.8. The van der Waals surface area contributed by atoms with E-state index in [1.807, 2.05) is 70.4 Å². The molecule has 0 aliphatic carbocycles. The van der Waals surface area contributed by atoms with Crippen molar-refractivity contribution in [2.45, 2.75) is 94.5 Å². The zero-order valence-electron chi connectivity index (χ0n) is 29.5. The predicted molar refractivity (Wildman–Crippen MR) is 188 cm³/mol. The third-order valence-corrected chi connectivity index (χ3v) is 7.92. The Hall–Kier alpha value is -2.70. The van der Waals surface area contributed by atoms with E-state index in [0.29, 0.717) is 11.6 Å². The van der Waals surface area contributed by atoms with Gasteiger partial charge in [0.05, 0.1) is 17.9 Å². The molecule has 0 amide bonds. The van der Waals surface area contributed by atoms with Gasteiger partial charge >= 0.3 is 0 Å². The van der Waals surface area contributed by atoms with Crippen LogP contribution in [-0.2, 0) is 11.2 Å². The van der Waals surface area contributed by atoms with Gasteiger partial charge in [0.25, 0.3) is 0 Å². The summed E-state index contributed by atoms with van der Waals surface area (Å²) in [7, 11) is 0. The van der Waals surface area contributed by atoms with Crippen LogP contribution >= 0.6 is 0 Å². The molecule has 6 heteroatoms. The van der Waals surface area contributed by atoms with Gasteiger partial charge in [0.2, 0.25) is 0 Å². The molecule has 0 saturated carbocycles. The smallest absolute Gasteiger partial charge is 0.128 e. The van der Waals surface area contributed by atoms with Gasteiger partial charge in [-0.1, -0.05) is 89.3 Å². The number of aryl methyl sites for hydroxylation is 4. The van der Waals surface area contributed by atoms with E-state index in [-0.39, 0.29) is 31.1 Å². The summed E-state index contributed by atoms with van der Waals surface area (Å²) in [6.45, 7) is 25.6. The number of aromatic nitrogens is 1. The molecule has 0 radical (unpaired) electrons. The molecule has 1 fully saturated rings. The molecule has 2 aliphatic heterocycles.